The van der Waals surface area contributed by atoms with Crippen molar-refractivity contribution in [1.29, 1.82) is 0 Å². The van der Waals surface area contributed by atoms with Crippen molar-refractivity contribution in [3.63, 3.8) is 0 Å². The highest BCUT2D eigenvalue weighted by molar-refractivity contribution is 6.26. The lowest BCUT2D eigenvalue weighted by Crippen LogP contribution is -2.00. The van der Waals surface area contributed by atoms with E-state index in [-0.39, 0.29) is 18.1 Å². The summed E-state index contributed by atoms with van der Waals surface area (Å²) >= 11 is 4.74. The number of aliphatic carboxylic acids is 2. The zero-order chi connectivity index (χ0) is 10.1. The summed E-state index contributed by atoms with van der Waals surface area (Å²) < 4.78 is 0. The summed E-state index contributed by atoms with van der Waals surface area (Å²) in [5, 5.41) is 15.5. The lowest BCUT2D eigenvalue weighted by molar-refractivity contribution is -0.140. The van der Waals surface area contributed by atoms with Crippen molar-refractivity contribution < 1.29 is 24.6 Å². The van der Waals surface area contributed by atoms with E-state index < -0.39 is 11.9 Å². The van der Waals surface area contributed by atoms with Crippen LogP contribution in [0.4, 0.5) is 0 Å². The van der Waals surface area contributed by atoms with E-state index in [0.717, 1.165) is 0 Å². The number of carboxylic acid groups (broad SMARTS) is 2. The molecule has 0 aromatic rings. The number of halogens is 1. The van der Waals surface area contributed by atoms with E-state index in [9.17, 15) is 14.4 Å². The number of hydrogen-bond donors (Lipinski definition) is 2. The molecule has 0 aliphatic rings. The number of rotatable bonds is 3. The van der Waals surface area contributed by atoms with Gasteiger partial charge in [0, 0.05) is 0 Å². The van der Waals surface area contributed by atoms with Gasteiger partial charge in [0.15, 0.2) is 0 Å². The molecule has 0 heterocycles. The Morgan fingerprint density at radius 2 is 1.50 bits per heavy atom. The summed E-state index contributed by atoms with van der Waals surface area (Å²) in [6.45, 7) is 1.24. The van der Waals surface area contributed by atoms with E-state index >= 15 is 0 Å². The molecule has 0 bridgehead atoms. The van der Waals surface area contributed by atoms with Gasteiger partial charge in [-0.2, -0.15) is 0 Å². The summed E-state index contributed by atoms with van der Waals surface area (Å²) in [6, 6.07) is 0. The monoisotopic (exact) mass is 196 g/mol. The molecule has 2 N–H and O–H groups in total. The fraction of sp³-hybridized carbons (Fsp3) is 0.500. The summed E-state index contributed by atoms with van der Waals surface area (Å²) in [7, 11) is 0. The van der Waals surface area contributed by atoms with Crippen LogP contribution in [0.25, 0.3) is 0 Å². The second kappa shape index (κ2) is 8.00. The molecule has 0 radical (unpaired) electrons. The number of Topliss-reactive ketones (excluding diaryl/α,β-unsaturated/α-hetero) is 1. The molecule has 12 heavy (non-hydrogen) atoms. The maximum atomic E-state index is 9.87. The Hall–Kier alpha value is -1.10. The Kier molecular flexibility index (Phi) is 8.99. The smallest absolute Gasteiger partial charge is 0.318 e. The minimum absolute atomic E-state index is 0.306. The van der Waals surface area contributed by atoms with Crippen LogP contribution in [0.2, 0.25) is 0 Å². The zero-order valence-electron chi connectivity index (χ0n) is 6.41. The van der Waals surface area contributed by atoms with E-state index in [2.05, 4.69) is 0 Å². The second-order valence-corrected chi connectivity index (χ2v) is 2.07. The van der Waals surface area contributed by atoms with Crippen LogP contribution in [0.5, 0.6) is 0 Å². The summed E-state index contributed by atoms with van der Waals surface area (Å²) in [5.74, 6) is -2.66. The van der Waals surface area contributed by atoms with Crippen molar-refractivity contribution in [3.8, 4) is 0 Å². The lowest BCUT2D eigenvalue weighted by atomic mass is 10.3. The minimum atomic E-state index is -1.06. The van der Waals surface area contributed by atoms with Gasteiger partial charge in [-0.15, -0.1) is 11.6 Å². The molecule has 70 valence electrons. The Labute approximate surface area is 73.9 Å². The van der Waals surface area contributed by atoms with Crippen LogP contribution >= 0.6 is 11.6 Å². The fourth-order valence-corrected chi connectivity index (χ4v) is 0.213. The lowest BCUT2D eigenvalue weighted by Gasteiger charge is -1.80. The van der Waals surface area contributed by atoms with Gasteiger partial charge in [-0.05, 0) is 6.92 Å². The Morgan fingerprint density at radius 1 is 1.17 bits per heavy atom. The number of carbonyl (C=O) groups excluding carboxylic acids is 1. The second-order valence-electron chi connectivity index (χ2n) is 1.80. The van der Waals surface area contributed by atoms with Crippen molar-refractivity contribution in [2.75, 3.05) is 5.88 Å². The van der Waals surface area contributed by atoms with Crippen LogP contribution < -0.4 is 0 Å². The molecule has 0 rings (SSSR count). The summed E-state index contributed by atoms with van der Waals surface area (Å²) in [4.78, 5) is 28.7. The predicted octanol–water partition coefficient (Wildman–Crippen LogP) is 0.360. The first-order valence-corrected chi connectivity index (χ1v) is 3.42. The first-order valence-electron chi connectivity index (χ1n) is 2.89. The highest BCUT2D eigenvalue weighted by atomic mass is 35.5. The third-order valence-corrected chi connectivity index (χ3v) is 0.743. The van der Waals surface area contributed by atoms with E-state index in [1.807, 2.05) is 0 Å². The molecule has 0 amide bonds. The molecule has 0 aliphatic carbocycles. The molecule has 0 saturated heterocycles. The summed E-state index contributed by atoms with van der Waals surface area (Å²) in [6.07, 6.45) is -0.361. The molecule has 0 aliphatic heterocycles. The van der Waals surface area contributed by atoms with Gasteiger partial charge < -0.3 is 10.2 Å². The third-order valence-electron chi connectivity index (χ3n) is 0.514. The third kappa shape index (κ3) is 23.1. The van der Waals surface area contributed by atoms with Gasteiger partial charge in [0.1, 0.15) is 18.1 Å². The molecule has 0 unspecified atom stereocenters. The normalized spacial score (nSPS) is 7.83. The van der Waals surface area contributed by atoms with Crippen LogP contribution in [0.3, 0.4) is 0 Å². The standard InChI is InChI=1S/C4H6O3.C2H3ClO2/c1-3(5)2-4(6)7;3-1-2(4)5/h2H2,1H3,(H,6,7);1H2,(H,4,5). The molecular formula is C6H9ClO5. The van der Waals surface area contributed by atoms with E-state index in [1.165, 1.54) is 6.92 Å². The van der Waals surface area contributed by atoms with Gasteiger partial charge >= 0.3 is 11.9 Å². The highest BCUT2D eigenvalue weighted by Gasteiger charge is 1.98. The quantitative estimate of drug-likeness (QED) is 0.502. The largest absolute Gasteiger partial charge is 0.481 e. The molecule has 0 saturated carbocycles. The SMILES string of the molecule is CC(=O)CC(=O)O.O=C(O)CCl. The first kappa shape index (κ1) is 13.5. The molecule has 6 heteroatoms. The Bertz CT molecular complexity index is 165. The molecule has 5 nitrogen and oxygen atoms in total. The molecule has 0 aromatic heterocycles. The zero-order valence-corrected chi connectivity index (χ0v) is 7.17. The van der Waals surface area contributed by atoms with Crippen LogP contribution in [-0.2, 0) is 14.4 Å². The van der Waals surface area contributed by atoms with E-state index in [4.69, 9.17) is 21.8 Å². The average molecular weight is 197 g/mol. The number of alkyl halides is 1. The maximum absolute atomic E-state index is 9.87. The molecule has 0 spiro atoms. The van der Waals surface area contributed by atoms with Crippen LogP contribution in [0.15, 0.2) is 0 Å². The highest BCUT2D eigenvalue weighted by Crippen LogP contribution is 1.77. The number of ketones is 1. The van der Waals surface area contributed by atoms with Crippen molar-refractivity contribution >= 4 is 29.3 Å². The first-order chi connectivity index (χ1) is 5.40. The average Bonchev–Trinajstić information content (AvgIpc) is 1.85. The van der Waals surface area contributed by atoms with Crippen molar-refractivity contribution in [1.82, 2.24) is 0 Å². The van der Waals surface area contributed by atoms with Gasteiger partial charge in [-0.25, -0.2) is 0 Å². The maximum Gasteiger partial charge on any atom is 0.318 e. The van der Waals surface area contributed by atoms with Gasteiger partial charge in [-0.1, -0.05) is 0 Å². The predicted molar refractivity (Wildman–Crippen MR) is 41.3 cm³/mol. The van der Waals surface area contributed by atoms with Gasteiger partial charge in [-0.3, -0.25) is 14.4 Å². The number of hydrogen-bond acceptors (Lipinski definition) is 3. The van der Waals surface area contributed by atoms with E-state index in [0.29, 0.717) is 0 Å². The van der Waals surface area contributed by atoms with Gasteiger partial charge in [0.25, 0.3) is 0 Å². The fourth-order valence-electron chi connectivity index (χ4n) is 0.213. The van der Waals surface area contributed by atoms with Crippen LogP contribution in [0.1, 0.15) is 13.3 Å². The van der Waals surface area contributed by atoms with Crippen molar-refractivity contribution in [3.05, 3.63) is 0 Å². The molecular weight excluding hydrogens is 188 g/mol. The van der Waals surface area contributed by atoms with Crippen molar-refractivity contribution in [2.24, 2.45) is 0 Å². The van der Waals surface area contributed by atoms with Crippen LogP contribution in [-0.4, -0.2) is 33.8 Å². The van der Waals surface area contributed by atoms with Crippen molar-refractivity contribution in [2.45, 2.75) is 13.3 Å². The Morgan fingerprint density at radius 3 is 1.50 bits per heavy atom. The van der Waals surface area contributed by atoms with Gasteiger partial charge in [0.2, 0.25) is 0 Å². The number of carboxylic acids is 2. The summed E-state index contributed by atoms with van der Waals surface area (Å²) in [5.41, 5.74) is 0. The Balaban J connectivity index is 0. The topological polar surface area (TPSA) is 91.7 Å². The molecule has 0 atom stereocenters. The molecule has 0 fully saturated rings. The van der Waals surface area contributed by atoms with Gasteiger partial charge in [0.05, 0.1) is 0 Å². The molecule has 0 aromatic carbocycles. The van der Waals surface area contributed by atoms with Crippen LogP contribution in [0, 0.1) is 0 Å². The number of carbonyl (C=O) groups is 3. The minimum Gasteiger partial charge on any atom is -0.481 e. The van der Waals surface area contributed by atoms with E-state index in [1.54, 1.807) is 0 Å².